The van der Waals surface area contributed by atoms with Gasteiger partial charge >= 0.3 is 0 Å². The second kappa shape index (κ2) is 9.83. The van der Waals surface area contributed by atoms with E-state index < -0.39 is 0 Å². The standard InChI is InChI=1S/C16H24N2O3/c1-13(2)12-21-15-7-5-14(6-8-15)18-11-16(19)17-9-4-10-20-3/h5-8,18H,1,4,9-12H2,2-3H3,(H,17,19). The number of methoxy groups -OCH3 is 1. The molecule has 0 unspecified atom stereocenters. The summed E-state index contributed by atoms with van der Waals surface area (Å²) in [5.74, 6) is 0.751. The largest absolute Gasteiger partial charge is 0.489 e. The van der Waals surface area contributed by atoms with E-state index in [9.17, 15) is 4.79 Å². The van der Waals surface area contributed by atoms with Crippen LogP contribution in [0.4, 0.5) is 5.69 Å². The van der Waals surface area contributed by atoms with E-state index in [0.717, 1.165) is 23.4 Å². The lowest BCUT2D eigenvalue weighted by atomic mass is 10.3. The van der Waals surface area contributed by atoms with E-state index >= 15 is 0 Å². The Balaban J connectivity index is 2.25. The van der Waals surface area contributed by atoms with Crippen molar-refractivity contribution < 1.29 is 14.3 Å². The summed E-state index contributed by atoms with van der Waals surface area (Å²) in [6.45, 7) is 7.74. The fraction of sp³-hybridized carbons (Fsp3) is 0.438. The first-order valence-electron chi connectivity index (χ1n) is 6.98. The highest BCUT2D eigenvalue weighted by Gasteiger charge is 2.01. The van der Waals surface area contributed by atoms with Crippen molar-refractivity contribution >= 4 is 11.6 Å². The second-order valence-electron chi connectivity index (χ2n) is 4.82. The molecule has 2 N–H and O–H groups in total. The molecular formula is C16H24N2O3. The van der Waals surface area contributed by atoms with Crippen LogP contribution in [-0.2, 0) is 9.53 Å². The molecule has 0 aliphatic carbocycles. The van der Waals surface area contributed by atoms with Crippen molar-refractivity contribution in [2.45, 2.75) is 13.3 Å². The van der Waals surface area contributed by atoms with Gasteiger partial charge in [-0.1, -0.05) is 6.58 Å². The predicted molar refractivity (Wildman–Crippen MR) is 84.7 cm³/mol. The summed E-state index contributed by atoms with van der Waals surface area (Å²) in [5, 5.41) is 5.88. The van der Waals surface area contributed by atoms with Crippen LogP contribution in [-0.4, -0.2) is 39.3 Å². The van der Waals surface area contributed by atoms with Crippen molar-refractivity contribution in [1.82, 2.24) is 5.32 Å². The zero-order valence-corrected chi connectivity index (χ0v) is 12.8. The molecule has 0 saturated heterocycles. The van der Waals surface area contributed by atoms with Gasteiger partial charge in [-0.2, -0.15) is 0 Å². The normalized spacial score (nSPS) is 10.0. The van der Waals surface area contributed by atoms with E-state index in [-0.39, 0.29) is 12.5 Å². The lowest BCUT2D eigenvalue weighted by molar-refractivity contribution is -0.119. The van der Waals surface area contributed by atoms with Crippen LogP contribution in [0.25, 0.3) is 0 Å². The number of anilines is 1. The molecular weight excluding hydrogens is 268 g/mol. The Morgan fingerprint density at radius 1 is 1.29 bits per heavy atom. The summed E-state index contributed by atoms with van der Waals surface area (Å²) in [4.78, 5) is 11.6. The van der Waals surface area contributed by atoms with Crippen LogP contribution in [0, 0.1) is 0 Å². The van der Waals surface area contributed by atoms with Gasteiger partial charge in [0.25, 0.3) is 0 Å². The topological polar surface area (TPSA) is 59.6 Å². The van der Waals surface area contributed by atoms with Gasteiger partial charge < -0.3 is 20.1 Å². The molecule has 0 bridgehead atoms. The van der Waals surface area contributed by atoms with Crippen LogP contribution >= 0.6 is 0 Å². The molecule has 0 aromatic heterocycles. The zero-order chi connectivity index (χ0) is 15.5. The molecule has 5 heteroatoms. The summed E-state index contributed by atoms with van der Waals surface area (Å²) in [6, 6.07) is 7.49. The lowest BCUT2D eigenvalue weighted by Gasteiger charge is -2.09. The van der Waals surface area contributed by atoms with E-state index in [2.05, 4.69) is 17.2 Å². The summed E-state index contributed by atoms with van der Waals surface area (Å²) in [7, 11) is 1.65. The molecule has 0 aliphatic heterocycles. The van der Waals surface area contributed by atoms with E-state index in [1.54, 1.807) is 7.11 Å². The van der Waals surface area contributed by atoms with E-state index in [4.69, 9.17) is 9.47 Å². The Hall–Kier alpha value is -2.01. The minimum Gasteiger partial charge on any atom is -0.489 e. The third kappa shape index (κ3) is 7.99. The first-order valence-corrected chi connectivity index (χ1v) is 6.98. The van der Waals surface area contributed by atoms with Crippen molar-refractivity contribution in [3.05, 3.63) is 36.4 Å². The Morgan fingerprint density at radius 3 is 2.62 bits per heavy atom. The van der Waals surface area contributed by atoms with E-state index in [0.29, 0.717) is 19.8 Å². The van der Waals surface area contributed by atoms with Crippen LogP contribution in [0.5, 0.6) is 5.75 Å². The van der Waals surface area contributed by atoms with Gasteiger partial charge in [0.05, 0.1) is 6.54 Å². The number of amides is 1. The Bertz CT molecular complexity index is 443. The molecule has 0 aliphatic rings. The van der Waals surface area contributed by atoms with Crippen LogP contribution in [0.2, 0.25) is 0 Å². The van der Waals surface area contributed by atoms with Gasteiger partial charge in [-0.15, -0.1) is 0 Å². The fourth-order valence-corrected chi connectivity index (χ4v) is 1.56. The maximum absolute atomic E-state index is 11.6. The van der Waals surface area contributed by atoms with Gasteiger partial charge in [-0.05, 0) is 43.2 Å². The quantitative estimate of drug-likeness (QED) is 0.513. The highest BCUT2D eigenvalue weighted by Crippen LogP contribution is 2.15. The van der Waals surface area contributed by atoms with Crippen LogP contribution in [0.1, 0.15) is 13.3 Å². The third-order valence-corrected chi connectivity index (χ3v) is 2.64. The number of rotatable bonds is 10. The average molecular weight is 292 g/mol. The minimum atomic E-state index is -0.0336. The fourth-order valence-electron chi connectivity index (χ4n) is 1.56. The lowest BCUT2D eigenvalue weighted by Crippen LogP contribution is -2.31. The molecule has 1 aromatic carbocycles. The monoisotopic (exact) mass is 292 g/mol. The number of ether oxygens (including phenoxy) is 2. The van der Waals surface area contributed by atoms with Crippen molar-refractivity contribution in [3.8, 4) is 5.75 Å². The summed E-state index contributed by atoms with van der Waals surface area (Å²) < 4.78 is 10.4. The molecule has 0 spiro atoms. The molecule has 0 fully saturated rings. The Kier molecular flexibility index (Phi) is 7.97. The van der Waals surface area contributed by atoms with Crippen molar-refractivity contribution in [2.75, 3.05) is 38.7 Å². The number of hydrogen-bond donors (Lipinski definition) is 2. The summed E-state index contributed by atoms with van der Waals surface area (Å²) in [5.41, 5.74) is 1.85. The molecule has 116 valence electrons. The molecule has 0 atom stereocenters. The Morgan fingerprint density at radius 2 is 2.00 bits per heavy atom. The van der Waals surface area contributed by atoms with Gasteiger partial charge in [0.15, 0.2) is 0 Å². The van der Waals surface area contributed by atoms with Crippen molar-refractivity contribution in [2.24, 2.45) is 0 Å². The molecule has 0 saturated carbocycles. The maximum atomic E-state index is 11.6. The number of nitrogens with one attached hydrogen (secondary N) is 2. The summed E-state index contributed by atoms with van der Waals surface area (Å²) >= 11 is 0. The molecule has 21 heavy (non-hydrogen) atoms. The van der Waals surface area contributed by atoms with E-state index in [1.165, 1.54) is 0 Å². The number of hydrogen-bond acceptors (Lipinski definition) is 4. The van der Waals surface area contributed by atoms with Crippen molar-refractivity contribution in [3.63, 3.8) is 0 Å². The summed E-state index contributed by atoms with van der Waals surface area (Å²) in [6.07, 6.45) is 0.816. The smallest absolute Gasteiger partial charge is 0.239 e. The van der Waals surface area contributed by atoms with Crippen LogP contribution in [0.15, 0.2) is 36.4 Å². The van der Waals surface area contributed by atoms with Gasteiger partial charge in [-0.25, -0.2) is 0 Å². The van der Waals surface area contributed by atoms with E-state index in [1.807, 2.05) is 31.2 Å². The number of carbonyl (C=O) groups is 1. The molecule has 1 rings (SSSR count). The molecule has 0 radical (unpaired) electrons. The molecule has 1 amide bonds. The van der Waals surface area contributed by atoms with Crippen molar-refractivity contribution in [1.29, 1.82) is 0 Å². The van der Waals surface area contributed by atoms with Crippen LogP contribution in [0.3, 0.4) is 0 Å². The zero-order valence-electron chi connectivity index (χ0n) is 12.8. The van der Waals surface area contributed by atoms with Crippen LogP contribution < -0.4 is 15.4 Å². The molecule has 1 aromatic rings. The maximum Gasteiger partial charge on any atom is 0.239 e. The first-order chi connectivity index (χ1) is 10.1. The average Bonchev–Trinajstić information content (AvgIpc) is 2.48. The predicted octanol–water partition coefficient (Wildman–Crippen LogP) is 2.21. The van der Waals surface area contributed by atoms with Gasteiger partial charge in [-0.3, -0.25) is 4.79 Å². The highest BCUT2D eigenvalue weighted by atomic mass is 16.5. The number of carbonyl (C=O) groups excluding carboxylic acids is 1. The SMILES string of the molecule is C=C(C)COc1ccc(NCC(=O)NCCCOC)cc1. The first kappa shape index (κ1) is 17.0. The minimum absolute atomic E-state index is 0.0336. The van der Waals surface area contributed by atoms with Gasteiger partial charge in [0, 0.05) is 25.9 Å². The number of benzene rings is 1. The van der Waals surface area contributed by atoms with Gasteiger partial charge in [0.2, 0.25) is 5.91 Å². The third-order valence-electron chi connectivity index (χ3n) is 2.64. The molecule has 5 nitrogen and oxygen atoms in total. The highest BCUT2D eigenvalue weighted by molar-refractivity contribution is 5.80. The second-order valence-corrected chi connectivity index (χ2v) is 4.82. The Labute approximate surface area is 126 Å². The molecule has 0 heterocycles. The van der Waals surface area contributed by atoms with Gasteiger partial charge in [0.1, 0.15) is 12.4 Å².